The predicted octanol–water partition coefficient (Wildman–Crippen LogP) is 1.96. The first-order valence-corrected chi connectivity index (χ1v) is 9.91. The summed E-state index contributed by atoms with van der Waals surface area (Å²) >= 11 is 0. The van der Waals surface area contributed by atoms with Crippen molar-refractivity contribution >= 4 is 6.03 Å². The lowest BCUT2D eigenvalue weighted by Gasteiger charge is -2.35. The van der Waals surface area contributed by atoms with Crippen LogP contribution in [-0.4, -0.2) is 60.2 Å². The van der Waals surface area contributed by atoms with Crippen LogP contribution in [0.5, 0.6) is 0 Å². The predicted molar refractivity (Wildman–Crippen MR) is 96.6 cm³/mol. The van der Waals surface area contributed by atoms with E-state index in [4.69, 9.17) is 9.47 Å². The number of nitrogens with zero attached hydrogens (tertiary/aromatic N) is 3. The van der Waals surface area contributed by atoms with E-state index in [0.29, 0.717) is 31.5 Å². The van der Waals surface area contributed by atoms with Crippen molar-refractivity contribution in [1.82, 2.24) is 20.0 Å². The number of nitrogens with one attached hydrogen (secondary N) is 1. The summed E-state index contributed by atoms with van der Waals surface area (Å²) in [5.74, 6) is 1.53. The molecule has 2 amide bonds. The van der Waals surface area contributed by atoms with Crippen LogP contribution in [0.3, 0.4) is 0 Å². The zero-order valence-electron chi connectivity index (χ0n) is 15.6. The fourth-order valence-corrected chi connectivity index (χ4v) is 4.35. The fourth-order valence-electron chi connectivity index (χ4n) is 4.35. The van der Waals surface area contributed by atoms with Crippen LogP contribution in [0.4, 0.5) is 4.79 Å². The van der Waals surface area contributed by atoms with Crippen molar-refractivity contribution in [2.75, 3.05) is 39.5 Å². The molecule has 7 heteroatoms. The maximum Gasteiger partial charge on any atom is 0.317 e. The molecule has 3 aliphatic rings. The summed E-state index contributed by atoms with van der Waals surface area (Å²) in [6, 6.07) is 0.0386. The Kier molecular flexibility index (Phi) is 5.45. The summed E-state index contributed by atoms with van der Waals surface area (Å²) < 4.78 is 13.4. The largest absolute Gasteiger partial charge is 0.379 e. The molecule has 2 saturated heterocycles. The van der Waals surface area contributed by atoms with Crippen LogP contribution in [0.25, 0.3) is 0 Å². The molecule has 4 rings (SSSR count). The molecule has 1 saturated carbocycles. The third-order valence-corrected chi connectivity index (χ3v) is 6.18. The molecule has 0 radical (unpaired) electrons. The van der Waals surface area contributed by atoms with Gasteiger partial charge in [-0.05, 0) is 12.3 Å². The minimum atomic E-state index is 0.0270. The highest BCUT2D eigenvalue weighted by molar-refractivity contribution is 5.74. The number of ether oxygens (including phenoxy) is 2. The summed E-state index contributed by atoms with van der Waals surface area (Å²) in [7, 11) is 1.91. The summed E-state index contributed by atoms with van der Waals surface area (Å²) in [6.45, 7) is 4.33. The van der Waals surface area contributed by atoms with Crippen LogP contribution in [0.1, 0.15) is 37.4 Å². The van der Waals surface area contributed by atoms with Crippen LogP contribution in [-0.2, 0) is 16.5 Å². The van der Waals surface area contributed by atoms with Crippen LogP contribution < -0.4 is 5.32 Å². The number of amides is 2. The van der Waals surface area contributed by atoms with Gasteiger partial charge in [0.1, 0.15) is 0 Å². The van der Waals surface area contributed by atoms with Crippen LogP contribution in [0, 0.1) is 17.8 Å². The van der Waals surface area contributed by atoms with Gasteiger partial charge in [-0.3, -0.25) is 4.68 Å². The molecule has 0 bridgehead atoms. The van der Waals surface area contributed by atoms with Crippen molar-refractivity contribution in [1.29, 1.82) is 0 Å². The fraction of sp³-hybridized carbons (Fsp3) is 0.789. The lowest BCUT2D eigenvalue weighted by Crippen LogP contribution is -2.45. The molecule has 3 heterocycles. The first-order valence-electron chi connectivity index (χ1n) is 9.91. The highest BCUT2D eigenvalue weighted by Crippen LogP contribution is 2.35. The standard InChI is InChI=1S/C19H30N4O3/c1-22-11-16(10-21-22)18-15(5-7-26-18)9-20-19(24)23-6-8-25-13-17(12-23)14-3-2-4-14/h10-11,14-15,17-18H,2-9,12-13H2,1H3,(H,20,24)/t15-,17?,18+/m0/s1. The molecule has 3 fully saturated rings. The van der Waals surface area contributed by atoms with Gasteiger partial charge in [0, 0.05) is 56.9 Å². The van der Waals surface area contributed by atoms with Gasteiger partial charge in [-0.15, -0.1) is 0 Å². The van der Waals surface area contributed by atoms with Crippen molar-refractivity contribution in [2.45, 2.75) is 31.8 Å². The average Bonchev–Trinajstić information content (AvgIpc) is 3.15. The van der Waals surface area contributed by atoms with Crippen LogP contribution in [0.2, 0.25) is 0 Å². The molecule has 1 aromatic heterocycles. The Labute approximate surface area is 155 Å². The van der Waals surface area contributed by atoms with E-state index in [2.05, 4.69) is 10.4 Å². The molecule has 0 spiro atoms. The summed E-state index contributed by atoms with van der Waals surface area (Å²) in [6.07, 6.45) is 8.75. The molecular weight excluding hydrogens is 332 g/mol. The second-order valence-corrected chi connectivity index (χ2v) is 7.95. The number of carbonyl (C=O) groups is 1. The minimum absolute atomic E-state index is 0.0270. The molecular formula is C19H30N4O3. The number of aromatic nitrogens is 2. The third kappa shape index (κ3) is 3.88. The molecule has 1 N–H and O–H groups in total. The van der Waals surface area contributed by atoms with Gasteiger partial charge in [-0.2, -0.15) is 5.10 Å². The van der Waals surface area contributed by atoms with E-state index in [1.807, 2.05) is 24.3 Å². The number of urea groups is 1. The highest BCUT2D eigenvalue weighted by Gasteiger charge is 2.33. The molecule has 144 valence electrons. The first-order chi connectivity index (χ1) is 12.7. The van der Waals surface area contributed by atoms with Gasteiger partial charge in [-0.25, -0.2) is 4.79 Å². The highest BCUT2D eigenvalue weighted by atomic mass is 16.5. The Balaban J connectivity index is 1.31. The number of hydrogen-bond acceptors (Lipinski definition) is 4. The van der Waals surface area contributed by atoms with E-state index in [1.165, 1.54) is 19.3 Å². The van der Waals surface area contributed by atoms with Crippen molar-refractivity contribution < 1.29 is 14.3 Å². The number of carbonyl (C=O) groups excluding carboxylic acids is 1. The molecule has 1 unspecified atom stereocenters. The van der Waals surface area contributed by atoms with Gasteiger partial charge >= 0.3 is 6.03 Å². The van der Waals surface area contributed by atoms with Gasteiger partial charge < -0.3 is 19.7 Å². The maximum atomic E-state index is 12.7. The zero-order valence-corrected chi connectivity index (χ0v) is 15.6. The SMILES string of the molecule is Cn1cc([C@@H]2OCC[C@H]2CNC(=O)N2CCOCC(C3CCC3)C2)cn1. The lowest BCUT2D eigenvalue weighted by molar-refractivity contribution is 0.0774. The van der Waals surface area contributed by atoms with E-state index in [1.54, 1.807) is 4.68 Å². The summed E-state index contributed by atoms with van der Waals surface area (Å²) in [5.41, 5.74) is 1.09. The molecule has 3 atom stereocenters. The number of rotatable bonds is 4. The molecule has 1 aromatic rings. The lowest BCUT2D eigenvalue weighted by atomic mass is 9.76. The van der Waals surface area contributed by atoms with Crippen molar-refractivity contribution in [3.8, 4) is 0 Å². The Morgan fingerprint density at radius 2 is 2.19 bits per heavy atom. The molecule has 26 heavy (non-hydrogen) atoms. The van der Waals surface area contributed by atoms with Crippen molar-refractivity contribution in [3.05, 3.63) is 18.0 Å². The topological polar surface area (TPSA) is 68.6 Å². The van der Waals surface area contributed by atoms with Gasteiger partial charge in [0.15, 0.2) is 0 Å². The van der Waals surface area contributed by atoms with Crippen LogP contribution in [0.15, 0.2) is 12.4 Å². The minimum Gasteiger partial charge on any atom is -0.379 e. The third-order valence-electron chi connectivity index (χ3n) is 6.18. The van der Waals surface area contributed by atoms with Gasteiger partial charge in [0.05, 0.1) is 25.5 Å². The Morgan fingerprint density at radius 3 is 2.92 bits per heavy atom. The Morgan fingerprint density at radius 1 is 1.31 bits per heavy atom. The van der Waals surface area contributed by atoms with E-state index < -0.39 is 0 Å². The second-order valence-electron chi connectivity index (χ2n) is 7.95. The average molecular weight is 362 g/mol. The first kappa shape index (κ1) is 17.8. The molecule has 1 aliphatic carbocycles. The van der Waals surface area contributed by atoms with Gasteiger partial charge in [0.25, 0.3) is 0 Å². The van der Waals surface area contributed by atoms with Crippen molar-refractivity contribution in [2.24, 2.45) is 24.8 Å². The maximum absolute atomic E-state index is 12.7. The zero-order chi connectivity index (χ0) is 17.9. The second kappa shape index (κ2) is 7.96. The van der Waals surface area contributed by atoms with Crippen molar-refractivity contribution in [3.63, 3.8) is 0 Å². The molecule has 2 aliphatic heterocycles. The summed E-state index contributed by atoms with van der Waals surface area (Å²) in [4.78, 5) is 14.7. The normalized spacial score (nSPS) is 30.0. The van der Waals surface area contributed by atoms with E-state index in [0.717, 1.165) is 37.7 Å². The van der Waals surface area contributed by atoms with Gasteiger partial charge in [0.2, 0.25) is 0 Å². The molecule has 0 aromatic carbocycles. The number of hydrogen-bond donors (Lipinski definition) is 1. The van der Waals surface area contributed by atoms with Gasteiger partial charge in [-0.1, -0.05) is 19.3 Å². The van der Waals surface area contributed by atoms with E-state index in [9.17, 15) is 4.79 Å². The quantitative estimate of drug-likeness (QED) is 0.889. The molecule has 7 nitrogen and oxygen atoms in total. The summed E-state index contributed by atoms with van der Waals surface area (Å²) in [5, 5.41) is 7.39. The van der Waals surface area contributed by atoms with E-state index >= 15 is 0 Å². The monoisotopic (exact) mass is 362 g/mol. The Bertz CT molecular complexity index is 616. The van der Waals surface area contributed by atoms with E-state index in [-0.39, 0.29) is 12.1 Å². The number of aryl methyl sites for hydroxylation is 1. The Hall–Kier alpha value is -1.60. The smallest absolute Gasteiger partial charge is 0.317 e. The van der Waals surface area contributed by atoms with Crippen LogP contribution >= 0.6 is 0 Å².